The fourth-order valence-corrected chi connectivity index (χ4v) is 4.97. The summed E-state index contributed by atoms with van der Waals surface area (Å²) in [6.07, 6.45) is 5.28. The number of rotatable bonds is 5. The van der Waals surface area contributed by atoms with E-state index in [1.807, 2.05) is 20.9 Å². The van der Waals surface area contributed by atoms with Crippen molar-refractivity contribution >= 4 is 41.7 Å². The molecule has 1 aromatic heterocycles. The number of nitrogens with one attached hydrogen (secondary N) is 2. The average molecular weight is 493 g/mol. The molecule has 2 N–H and O–H groups in total. The number of guanidine groups is 1. The Hall–Kier alpha value is -0.480. The van der Waals surface area contributed by atoms with E-state index in [0.29, 0.717) is 12.1 Å². The molecule has 0 bridgehead atoms. The molecule has 26 heavy (non-hydrogen) atoms. The molecule has 0 atom stereocenters. The second-order valence-electron chi connectivity index (χ2n) is 7.11. The van der Waals surface area contributed by atoms with Crippen molar-refractivity contribution in [3.8, 4) is 0 Å². The van der Waals surface area contributed by atoms with Crippen LogP contribution < -0.4 is 10.6 Å². The van der Waals surface area contributed by atoms with Crippen LogP contribution in [-0.2, 0) is 6.54 Å². The minimum atomic E-state index is 0. The molecule has 8 heteroatoms. The first-order valence-corrected chi connectivity index (χ1v) is 10.5. The molecule has 1 saturated carbocycles. The van der Waals surface area contributed by atoms with Gasteiger partial charge in [-0.2, -0.15) is 11.8 Å². The van der Waals surface area contributed by atoms with Crippen molar-refractivity contribution in [2.24, 2.45) is 4.99 Å². The Morgan fingerprint density at radius 1 is 1.23 bits per heavy atom. The summed E-state index contributed by atoms with van der Waals surface area (Å²) in [7, 11) is 1.83. The molecule has 148 valence electrons. The molecule has 0 unspecified atom stereocenters. The Labute approximate surface area is 178 Å². The lowest BCUT2D eigenvalue weighted by Gasteiger charge is -2.43. The highest BCUT2D eigenvalue weighted by Crippen LogP contribution is 2.36. The maximum absolute atomic E-state index is 5.24. The zero-order valence-corrected chi connectivity index (χ0v) is 19.3. The number of aromatic nitrogens is 1. The second-order valence-corrected chi connectivity index (χ2v) is 8.34. The average Bonchev–Trinajstić information content (AvgIpc) is 3.25. The Morgan fingerprint density at radius 3 is 2.50 bits per heavy atom. The highest BCUT2D eigenvalue weighted by atomic mass is 127. The van der Waals surface area contributed by atoms with Gasteiger partial charge in [0.1, 0.15) is 5.76 Å². The molecule has 1 saturated heterocycles. The van der Waals surface area contributed by atoms with Crippen molar-refractivity contribution < 1.29 is 4.52 Å². The zero-order chi connectivity index (χ0) is 17.7. The Morgan fingerprint density at radius 2 is 1.92 bits per heavy atom. The normalized spacial score (nSPS) is 20.7. The van der Waals surface area contributed by atoms with Crippen molar-refractivity contribution in [1.82, 2.24) is 20.7 Å². The summed E-state index contributed by atoms with van der Waals surface area (Å²) in [6.45, 7) is 8.03. The van der Waals surface area contributed by atoms with Gasteiger partial charge in [0, 0.05) is 55.8 Å². The Bertz CT molecular complexity index is 575. The molecule has 0 radical (unpaired) electrons. The largest absolute Gasteiger partial charge is 0.361 e. The first-order valence-electron chi connectivity index (χ1n) is 9.34. The molecule has 3 rings (SSSR count). The van der Waals surface area contributed by atoms with Crippen molar-refractivity contribution in [1.29, 1.82) is 0 Å². The second kappa shape index (κ2) is 10.2. The van der Waals surface area contributed by atoms with E-state index in [9.17, 15) is 0 Å². The van der Waals surface area contributed by atoms with Crippen molar-refractivity contribution in [3.05, 3.63) is 17.0 Å². The van der Waals surface area contributed by atoms with E-state index >= 15 is 0 Å². The highest BCUT2D eigenvalue weighted by Gasteiger charge is 2.39. The number of thioether (sulfide) groups is 1. The monoisotopic (exact) mass is 493 g/mol. The van der Waals surface area contributed by atoms with Crippen molar-refractivity contribution in [3.63, 3.8) is 0 Å². The van der Waals surface area contributed by atoms with Crippen molar-refractivity contribution in [2.75, 3.05) is 38.2 Å². The van der Waals surface area contributed by atoms with Gasteiger partial charge in [0.2, 0.25) is 0 Å². The predicted octanol–water partition coefficient (Wildman–Crippen LogP) is 2.94. The molecule has 1 aromatic rings. The first-order chi connectivity index (χ1) is 12.1. The number of hydrogen-bond acceptors (Lipinski definition) is 5. The van der Waals surface area contributed by atoms with Gasteiger partial charge in [0.05, 0.1) is 5.69 Å². The van der Waals surface area contributed by atoms with E-state index in [4.69, 9.17) is 4.52 Å². The molecule has 0 aromatic carbocycles. The topological polar surface area (TPSA) is 65.7 Å². The lowest BCUT2D eigenvalue weighted by molar-refractivity contribution is 0.107. The quantitative estimate of drug-likeness (QED) is 0.374. The van der Waals surface area contributed by atoms with Gasteiger partial charge in [-0.1, -0.05) is 18.0 Å². The van der Waals surface area contributed by atoms with Gasteiger partial charge in [0.15, 0.2) is 5.96 Å². The fraction of sp³-hybridized carbons (Fsp3) is 0.778. The molecule has 0 spiro atoms. The van der Waals surface area contributed by atoms with Gasteiger partial charge in [-0.25, -0.2) is 0 Å². The van der Waals surface area contributed by atoms with E-state index in [2.05, 4.69) is 37.4 Å². The number of halogens is 1. The van der Waals surface area contributed by atoms with Crippen LogP contribution in [0.4, 0.5) is 0 Å². The number of aryl methyl sites for hydroxylation is 2. The minimum Gasteiger partial charge on any atom is -0.361 e. The molecule has 2 heterocycles. The smallest absolute Gasteiger partial charge is 0.191 e. The molecule has 1 aliphatic heterocycles. The molecular weight excluding hydrogens is 461 g/mol. The van der Waals surface area contributed by atoms with Crippen LogP contribution >= 0.6 is 35.7 Å². The molecule has 6 nitrogen and oxygen atoms in total. The van der Waals surface area contributed by atoms with Gasteiger partial charge in [-0.05, 0) is 26.7 Å². The summed E-state index contributed by atoms with van der Waals surface area (Å²) < 4.78 is 5.24. The molecule has 2 fully saturated rings. The SMILES string of the molecule is CN=C(NCc1c(C)noc1C)NCC1(N2CCSCC2)CCCC1.I. The minimum absolute atomic E-state index is 0. The molecular formula is C18H32IN5OS. The van der Waals surface area contributed by atoms with Crippen LogP contribution in [-0.4, -0.2) is 59.7 Å². The first kappa shape index (κ1) is 21.8. The van der Waals surface area contributed by atoms with Gasteiger partial charge in [-0.3, -0.25) is 9.89 Å². The lowest BCUT2D eigenvalue weighted by Crippen LogP contribution is -2.57. The summed E-state index contributed by atoms with van der Waals surface area (Å²) in [5, 5.41) is 11.0. The van der Waals surface area contributed by atoms with Crippen LogP contribution in [0.15, 0.2) is 9.52 Å². The Balaban J connectivity index is 0.00000243. The molecule has 0 amide bonds. The number of aliphatic imine (C=N–C) groups is 1. The van der Waals surface area contributed by atoms with E-state index in [1.165, 1.54) is 50.3 Å². The third-order valence-corrected chi connectivity index (χ3v) is 6.58. The fourth-order valence-electron chi connectivity index (χ4n) is 4.07. The third-order valence-electron chi connectivity index (χ3n) is 5.64. The van der Waals surface area contributed by atoms with Crippen LogP contribution in [0.5, 0.6) is 0 Å². The summed E-state index contributed by atoms with van der Waals surface area (Å²) >= 11 is 2.08. The highest BCUT2D eigenvalue weighted by molar-refractivity contribution is 14.0. The van der Waals surface area contributed by atoms with E-state index in [0.717, 1.165) is 29.5 Å². The van der Waals surface area contributed by atoms with Crippen LogP contribution in [0.1, 0.15) is 42.7 Å². The van der Waals surface area contributed by atoms with Crippen LogP contribution in [0.2, 0.25) is 0 Å². The third kappa shape index (κ3) is 5.07. The standard InChI is InChI=1S/C18H31N5OS.HI/c1-14-16(15(2)24-22-14)12-20-17(19-3)21-13-18(6-4-5-7-18)23-8-10-25-11-9-23;/h4-13H2,1-3H3,(H2,19,20,21);1H. The lowest BCUT2D eigenvalue weighted by atomic mass is 9.94. The summed E-state index contributed by atoms with van der Waals surface area (Å²) in [5.41, 5.74) is 2.37. The molecule has 2 aliphatic rings. The zero-order valence-electron chi connectivity index (χ0n) is 16.1. The number of hydrogen-bond donors (Lipinski definition) is 2. The van der Waals surface area contributed by atoms with Crippen molar-refractivity contribution in [2.45, 2.75) is 51.6 Å². The van der Waals surface area contributed by atoms with Gasteiger partial charge >= 0.3 is 0 Å². The van der Waals surface area contributed by atoms with Gasteiger partial charge in [-0.15, -0.1) is 24.0 Å². The van der Waals surface area contributed by atoms with Crippen LogP contribution in [0.25, 0.3) is 0 Å². The van der Waals surface area contributed by atoms with E-state index in [-0.39, 0.29) is 24.0 Å². The van der Waals surface area contributed by atoms with Crippen LogP contribution in [0.3, 0.4) is 0 Å². The summed E-state index contributed by atoms with van der Waals surface area (Å²) in [5.74, 6) is 4.26. The summed E-state index contributed by atoms with van der Waals surface area (Å²) in [6, 6.07) is 0. The number of nitrogens with zero attached hydrogens (tertiary/aromatic N) is 3. The predicted molar refractivity (Wildman–Crippen MR) is 120 cm³/mol. The van der Waals surface area contributed by atoms with Gasteiger partial charge in [0.25, 0.3) is 0 Å². The van der Waals surface area contributed by atoms with Crippen LogP contribution in [0, 0.1) is 13.8 Å². The van der Waals surface area contributed by atoms with E-state index < -0.39 is 0 Å². The van der Waals surface area contributed by atoms with E-state index in [1.54, 1.807) is 0 Å². The van der Waals surface area contributed by atoms with Gasteiger partial charge < -0.3 is 15.2 Å². The Kier molecular flexibility index (Phi) is 8.53. The maximum atomic E-state index is 5.24. The maximum Gasteiger partial charge on any atom is 0.191 e. The summed E-state index contributed by atoms with van der Waals surface area (Å²) in [4.78, 5) is 7.13. The molecule has 1 aliphatic carbocycles.